The van der Waals surface area contributed by atoms with Crippen molar-refractivity contribution in [1.29, 1.82) is 0 Å². The average Bonchev–Trinajstić information content (AvgIpc) is 3.18. The van der Waals surface area contributed by atoms with Gasteiger partial charge in [-0.1, -0.05) is 18.7 Å². The van der Waals surface area contributed by atoms with Crippen LogP contribution in [0.1, 0.15) is 30.2 Å². The van der Waals surface area contributed by atoms with E-state index < -0.39 is 9.84 Å². The Bertz CT molecular complexity index is 986. The van der Waals surface area contributed by atoms with Gasteiger partial charge in [0.25, 0.3) is 0 Å². The lowest BCUT2D eigenvalue weighted by Gasteiger charge is -2.23. The predicted molar refractivity (Wildman–Crippen MR) is 109 cm³/mol. The number of aryl methyl sites for hydroxylation is 1. The number of carbonyl (C=O) groups excluding carboxylic acids is 1. The second-order valence-corrected chi connectivity index (χ2v) is 11.8. The fraction of sp³-hybridized carbons (Fsp3) is 0.611. The summed E-state index contributed by atoms with van der Waals surface area (Å²) in [4.78, 5) is 25.5. The SMILES string of the molecule is CC1CCc2c(sc3ncnc(SCC(=O)N(C)C4CCS(=O)(=O)C4)c23)C1. The van der Waals surface area contributed by atoms with Crippen LogP contribution in [0.2, 0.25) is 0 Å². The Labute approximate surface area is 167 Å². The highest BCUT2D eigenvalue weighted by molar-refractivity contribution is 8.00. The largest absolute Gasteiger partial charge is 0.341 e. The van der Waals surface area contributed by atoms with Gasteiger partial charge in [-0.2, -0.15) is 0 Å². The van der Waals surface area contributed by atoms with Crippen LogP contribution < -0.4 is 0 Å². The number of thiophene rings is 1. The molecular formula is C18H23N3O3S3. The third-order valence-electron chi connectivity index (χ3n) is 5.54. The molecule has 1 amide bonds. The van der Waals surface area contributed by atoms with Crippen LogP contribution in [0, 0.1) is 5.92 Å². The third kappa shape index (κ3) is 3.86. The summed E-state index contributed by atoms with van der Waals surface area (Å²) in [6.45, 7) is 2.28. The minimum absolute atomic E-state index is 0.0495. The van der Waals surface area contributed by atoms with E-state index in [2.05, 4.69) is 16.9 Å². The number of hydrogen-bond donors (Lipinski definition) is 0. The molecule has 0 bridgehead atoms. The highest BCUT2D eigenvalue weighted by atomic mass is 32.2. The van der Waals surface area contributed by atoms with Gasteiger partial charge >= 0.3 is 0 Å². The van der Waals surface area contributed by atoms with Gasteiger partial charge in [0, 0.05) is 23.4 Å². The summed E-state index contributed by atoms with van der Waals surface area (Å²) < 4.78 is 23.3. The molecule has 3 heterocycles. The Balaban J connectivity index is 1.50. The van der Waals surface area contributed by atoms with Crippen LogP contribution in [0.25, 0.3) is 10.2 Å². The molecule has 27 heavy (non-hydrogen) atoms. The fourth-order valence-electron chi connectivity index (χ4n) is 3.87. The van der Waals surface area contributed by atoms with Crippen LogP contribution in [-0.4, -0.2) is 59.5 Å². The number of carbonyl (C=O) groups is 1. The second-order valence-electron chi connectivity index (χ2n) is 7.56. The van der Waals surface area contributed by atoms with E-state index in [-0.39, 0.29) is 29.2 Å². The maximum absolute atomic E-state index is 12.6. The molecule has 9 heteroatoms. The Kier molecular flexibility index (Phi) is 5.20. The second kappa shape index (κ2) is 7.33. The maximum atomic E-state index is 12.6. The van der Waals surface area contributed by atoms with E-state index >= 15 is 0 Å². The van der Waals surface area contributed by atoms with Crippen molar-refractivity contribution in [2.24, 2.45) is 5.92 Å². The van der Waals surface area contributed by atoms with E-state index in [0.717, 1.165) is 28.1 Å². The Morgan fingerprint density at radius 1 is 1.37 bits per heavy atom. The van der Waals surface area contributed by atoms with E-state index in [0.29, 0.717) is 12.3 Å². The average molecular weight is 426 g/mol. The van der Waals surface area contributed by atoms with Crippen LogP contribution >= 0.6 is 23.1 Å². The van der Waals surface area contributed by atoms with E-state index in [1.807, 2.05) is 0 Å². The number of thioether (sulfide) groups is 1. The molecule has 1 fully saturated rings. The topological polar surface area (TPSA) is 80.2 Å². The first-order valence-corrected chi connectivity index (χ1v) is 12.8. The van der Waals surface area contributed by atoms with Crippen LogP contribution in [0.3, 0.4) is 0 Å². The van der Waals surface area contributed by atoms with Gasteiger partial charge < -0.3 is 4.90 Å². The van der Waals surface area contributed by atoms with Crippen LogP contribution in [0.4, 0.5) is 0 Å². The van der Waals surface area contributed by atoms with Crippen LogP contribution in [-0.2, 0) is 27.5 Å². The molecule has 2 unspecified atom stereocenters. The van der Waals surface area contributed by atoms with E-state index in [4.69, 9.17) is 0 Å². The van der Waals surface area contributed by atoms with Gasteiger partial charge in [-0.3, -0.25) is 4.79 Å². The minimum Gasteiger partial charge on any atom is -0.341 e. The first-order chi connectivity index (χ1) is 12.8. The summed E-state index contributed by atoms with van der Waals surface area (Å²) in [6.07, 6.45) is 5.43. The number of fused-ring (bicyclic) bond motifs is 3. The van der Waals surface area contributed by atoms with Crippen molar-refractivity contribution in [1.82, 2.24) is 14.9 Å². The highest BCUT2D eigenvalue weighted by Gasteiger charge is 2.32. The van der Waals surface area contributed by atoms with Gasteiger partial charge in [0.2, 0.25) is 5.91 Å². The zero-order valence-corrected chi connectivity index (χ0v) is 17.9. The molecule has 0 spiro atoms. The van der Waals surface area contributed by atoms with Gasteiger partial charge in [-0.15, -0.1) is 11.3 Å². The number of sulfone groups is 1. The van der Waals surface area contributed by atoms with Crippen LogP contribution in [0.5, 0.6) is 0 Å². The Morgan fingerprint density at radius 3 is 2.93 bits per heavy atom. The summed E-state index contributed by atoms with van der Waals surface area (Å²) in [7, 11) is -1.29. The first kappa shape index (κ1) is 19.1. The summed E-state index contributed by atoms with van der Waals surface area (Å²) in [5.41, 5.74) is 1.36. The van der Waals surface area contributed by atoms with Crippen molar-refractivity contribution in [3.63, 3.8) is 0 Å². The minimum atomic E-state index is -3.00. The number of rotatable bonds is 4. The molecule has 1 aliphatic heterocycles. The molecular weight excluding hydrogens is 402 g/mol. The molecule has 2 atom stereocenters. The van der Waals surface area contributed by atoms with Crippen molar-refractivity contribution < 1.29 is 13.2 Å². The predicted octanol–water partition coefficient (Wildman–Crippen LogP) is 2.55. The van der Waals surface area contributed by atoms with Gasteiger partial charge in [0.1, 0.15) is 16.2 Å². The Hall–Kier alpha value is -1.19. The third-order valence-corrected chi connectivity index (χ3v) is 9.43. The summed E-state index contributed by atoms with van der Waals surface area (Å²) in [5.74, 6) is 1.17. The molecule has 2 aromatic heterocycles. The zero-order valence-electron chi connectivity index (χ0n) is 15.5. The summed E-state index contributed by atoms with van der Waals surface area (Å²) >= 11 is 3.19. The number of hydrogen-bond acceptors (Lipinski definition) is 7. The quantitative estimate of drug-likeness (QED) is 0.553. The van der Waals surface area contributed by atoms with Crippen molar-refractivity contribution in [3.05, 3.63) is 16.8 Å². The zero-order chi connectivity index (χ0) is 19.2. The maximum Gasteiger partial charge on any atom is 0.233 e. The summed E-state index contributed by atoms with van der Waals surface area (Å²) in [5, 5.41) is 1.99. The Morgan fingerprint density at radius 2 is 2.19 bits per heavy atom. The van der Waals surface area contributed by atoms with E-state index in [9.17, 15) is 13.2 Å². The molecule has 0 saturated carbocycles. The van der Waals surface area contributed by atoms with Gasteiger partial charge in [-0.05, 0) is 37.2 Å². The molecule has 0 radical (unpaired) electrons. The molecule has 4 rings (SSSR count). The van der Waals surface area contributed by atoms with E-state index in [1.54, 1.807) is 29.6 Å². The van der Waals surface area contributed by atoms with Gasteiger partial charge in [0.15, 0.2) is 9.84 Å². The summed E-state index contributed by atoms with van der Waals surface area (Å²) in [6, 6.07) is -0.205. The lowest BCUT2D eigenvalue weighted by Crippen LogP contribution is -2.38. The highest BCUT2D eigenvalue weighted by Crippen LogP contribution is 2.40. The molecule has 2 aliphatic rings. The first-order valence-electron chi connectivity index (χ1n) is 9.18. The van der Waals surface area contributed by atoms with Crippen molar-refractivity contribution in [2.75, 3.05) is 24.3 Å². The fourth-order valence-corrected chi connectivity index (χ4v) is 8.01. The number of aromatic nitrogens is 2. The monoisotopic (exact) mass is 425 g/mol. The standard InChI is InChI=1S/C18H23N3O3S3/c1-11-3-4-13-14(7-11)26-18-16(13)17(19-10-20-18)25-8-15(22)21(2)12-5-6-27(23,24)9-12/h10-12H,3-9H2,1-2H3. The lowest BCUT2D eigenvalue weighted by molar-refractivity contribution is -0.128. The van der Waals surface area contributed by atoms with Gasteiger partial charge in [-0.25, -0.2) is 18.4 Å². The van der Waals surface area contributed by atoms with Crippen molar-refractivity contribution in [3.8, 4) is 0 Å². The normalized spacial score (nSPS) is 24.1. The molecule has 1 aliphatic carbocycles. The smallest absolute Gasteiger partial charge is 0.233 e. The lowest BCUT2D eigenvalue weighted by atomic mass is 9.89. The molecule has 1 saturated heterocycles. The van der Waals surface area contributed by atoms with Crippen molar-refractivity contribution in [2.45, 2.75) is 43.7 Å². The molecule has 0 aromatic carbocycles. The number of nitrogens with zero attached hydrogens (tertiary/aromatic N) is 3. The number of amides is 1. The van der Waals surface area contributed by atoms with Crippen molar-refractivity contribution >= 4 is 49.1 Å². The molecule has 6 nitrogen and oxygen atoms in total. The van der Waals surface area contributed by atoms with Gasteiger partial charge in [0.05, 0.1) is 17.3 Å². The van der Waals surface area contributed by atoms with E-state index in [1.165, 1.54) is 28.6 Å². The molecule has 0 N–H and O–H groups in total. The molecule has 146 valence electrons. The molecule has 2 aromatic rings. The van der Waals surface area contributed by atoms with Crippen LogP contribution in [0.15, 0.2) is 11.4 Å².